The largest absolute Gasteiger partial charge is 0.496 e. The number of anilines is 1. The molecule has 0 saturated heterocycles. The molecule has 1 aromatic carbocycles. The number of hydrogen-bond donors (Lipinski definition) is 2. The lowest BCUT2D eigenvalue weighted by Gasteiger charge is -2.20. The Labute approximate surface area is 118 Å². The first-order valence-corrected chi connectivity index (χ1v) is 6.16. The summed E-state index contributed by atoms with van der Waals surface area (Å²) in [5.41, 5.74) is 5.62. The molecule has 0 bridgehead atoms. The smallest absolute Gasteiger partial charge is 0.316 e. The van der Waals surface area contributed by atoms with Crippen LogP contribution in [0.15, 0.2) is 18.2 Å². The van der Waals surface area contributed by atoms with E-state index in [9.17, 15) is 9.59 Å². The summed E-state index contributed by atoms with van der Waals surface area (Å²) in [5, 5.41) is 2.45. The Hall–Kier alpha value is -2.24. The van der Waals surface area contributed by atoms with Gasteiger partial charge in [-0.05, 0) is 39.0 Å². The van der Waals surface area contributed by atoms with E-state index in [0.29, 0.717) is 17.0 Å². The van der Waals surface area contributed by atoms with Crippen molar-refractivity contribution in [3.8, 4) is 5.75 Å². The Bertz CT molecular complexity index is 506. The van der Waals surface area contributed by atoms with E-state index in [-0.39, 0.29) is 12.4 Å². The van der Waals surface area contributed by atoms with Crippen LogP contribution in [0.5, 0.6) is 5.75 Å². The van der Waals surface area contributed by atoms with Crippen molar-refractivity contribution >= 4 is 17.7 Å². The number of nitrogens with two attached hydrogens (primary N) is 1. The number of esters is 1. The topological polar surface area (TPSA) is 90.6 Å². The Balaban J connectivity index is 2.91. The molecule has 0 aliphatic heterocycles. The Kier molecular flexibility index (Phi) is 4.96. The van der Waals surface area contributed by atoms with Crippen LogP contribution in [0, 0.1) is 0 Å². The molecule has 0 aliphatic rings. The first kappa shape index (κ1) is 15.8. The van der Waals surface area contributed by atoms with Crippen LogP contribution in [0.4, 0.5) is 10.5 Å². The number of amides is 2. The van der Waals surface area contributed by atoms with Gasteiger partial charge in [0.2, 0.25) is 0 Å². The van der Waals surface area contributed by atoms with E-state index in [4.69, 9.17) is 15.2 Å². The van der Waals surface area contributed by atoms with E-state index in [1.165, 1.54) is 7.11 Å². The second-order valence-electron chi connectivity index (χ2n) is 5.28. The quantitative estimate of drug-likeness (QED) is 0.826. The molecule has 20 heavy (non-hydrogen) atoms. The molecule has 0 aromatic heterocycles. The molecule has 0 aliphatic carbocycles. The zero-order valence-electron chi connectivity index (χ0n) is 12.1. The molecule has 0 saturated carbocycles. The zero-order chi connectivity index (χ0) is 15.3. The molecule has 2 amide bonds. The SMILES string of the molecule is COc1ccc(NC(N)=O)cc1CC(=O)OC(C)(C)C. The minimum atomic E-state index is -0.668. The van der Waals surface area contributed by atoms with Crippen molar-refractivity contribution in [1.82, 2.24) is 0 Å². The predicted octanol–water partition coefficient (Wildman–Crippen LogP) is 2.07. The summed E-state index contributed by atoms with van der Waals surface area (Å²) >= 11 is 0. The Morgan fingerprint density at radius 2 is 1.95 bits per heavy atom. The van der Waals surface area contributed by atoms with Crippen molar-refractivity contribution in [3.63, 3.8) is 0 Å². The predicted molar refractivity (Wildman–Crippen MR) is 75.7 cm³/mol. The number of nitrogens with one attached hydrogen (secondary N) is 1. The van der Waals surface area contributed by atoms with Crippen LogP contribution in [0.1, 0.15) is 26.3 Å². The molecule has 1 aromatic rings. The van der Waals surface area contributed by atoms with Crippen molar-refractivity contribution in [2.75, 3.05) is 12.4 Å². The molecule has 0 unspecified atom stereocenters. The Morgan fingerprint density at radius 1 is 1.30 bits per heavy atom. The van der Waals surface area contributed by atoms with Gasteiger partial charge in [-0.15, -0.1) is 0 Å². The lowest BCUT2D eigenvalue weighted by molar-refractivity contribution is -0.153. The molecule has 6 heteroatoms. The number of urea groups is 1. The average Bonchev–Trinajstić information content (AvgIpc) is 2.25. The van der Waals surface area contributed by atoms with Gasteiger partial charge in [-0.25, -0.2) is 4.79 Å². The van der Waals surface area contributed by atoms with Gasteiger partial charge in [0.05, 0.1) is 13.5 Å². The Morgan fingerprint density at radius 3 is 2.45 bits per heavy atom. The third-order valence-electron chi connectivity index (χ3n) is 2.30. The van der Waals surface area contributed by atoms with Gasteiger partial charge in [0.1, 0.15) is 11.4 Å². The second-order valence-corrected chi connectivity index (χ2v) is 5.28. The molecule has 0 spiro atoms. The molecule has 0 heterocycles. The van der Waals surface area contributed by atoms with Gasteiger partial charge in [-0.3, -0.25) is 4.79 Å². The van der Waals surface area contributed by atoms with Crippen LogP contribution >= 0.6 is 0 Å². The van der Waals surface area contributed by atoms with Gasteiger partial charge >= 0.3 is 12.0 Å². The molecular formula is C14H20N2O4. The summed E-state index contributed by atoms with van der Waals surface area (Å²) in [4.78, 5) is 22.7. The van der Waals surface area contributed by atoms with Gasteiger partial charge in [0, 0.05) is 11.3 Å². The molecule has 3 N–H and O–H groups in total. The first-order valence-electron chi connectivity index (χ1n) is 6.16. The van der Waals surface area contributed by atoms with Gasteiger partial charge in [0.25, 0.3) is 0 Å². The van der Waals surface area contributed by atoms with Gasteiger partial charge in [0.15, 0.2) is 0 Å². The van der Waals surface area contributed by atoms with E-state index < -0.39 is 11.6 Å². The molecule has 110 valence electrons. The van der Waals surface area contributed by atoms with Crippen molar-refractivity contribution in [2.24, 2.45) is 5.73 Å². The summed E-state index contributed by atoms with van der Waals surface area (Å²) in [6.45, 7) is 5.40. The van der Waals surface area contributed by atoms with Crippen molar-refractivity contribution in [1.29, 1.82) is 0 Å². The number of hydrogen-bond acceptors (Lipinski definition) is 4. The van der Waals surface area contributed by atoms with E-state index >= 15 is 0 Å². The average molecular weight is 280 g/mol. The van der Waals surface area contributed by atoms with E-state index in [0.717, 1.165) is 0 Å². The number of benzene rings is 1. The minimum absolute atomic E-state index is 0.0503. The zero-order valence-corrected chi connectivity index (χ0v) is 12.1. The lowest BCUT2D eigenvalue weighted by Crippen LogP contribution is -2.25. The number of ether oxygens (including phenoxy) is 2. The molecule has 6 nitrogen and oxygen atoms in total. The fourth-order valence-corrected chi connectivity index (χ4v) is 1.67. The van der Waals surface area contributed by atoms with Crippen molar-refractivity contribution in [3.05, 3.63) is 23.8 Å². The second kappa shape index (κ2) is 6.27. The number of rotatable bonds is 4. The van der Waals surface area contributed by atoms with Gasteiger partial charge in [-0.1, -0.05) is 0 Å². The van der Waals surface area contributed by atoms with Crippen LogP contribution in [0.25, 0.3) is 0 Å². The van der Waals surface area contributed by atoms with Crippen molar-refractivity contribution in [2.45, 2.75) is 32.8 Å². The van der Waals surface area contributed by atoms with Gasteiger partial charge < -0.3 is 20.5 Å². The number of carbonyl (C=O) groups is 2. The van der Waals surface area contributed by atoms with E-state index in [1.807, 2.05) is 0 Å². The maximum Gasteiger partial charge on any atom is 0.316 e. The summed E-state index contributed by atoms with van der Waals surface area (Å²) in [6.07, 6.45) is 0.0503. The third-order valence-corrected chi connectivity index (χ3v) is 2.30. The van der Waals surface area contributed by atoms with Crippen LogP contribution in [-0.4, -0.2) is 24.7 Å². The molecule has 1 rings (SSSR count). The third kappa shape index (κ3) is 5.17. The highest BCUT2D eigenvalue weighted by Crippen LogP contribution is 2.24. The summed E-state index contributed by atoms with van der Waals surface area (Å²) in [7, 11) is 1.51. The minimum Gasteiger partial charge on any atom is -0.496 e. The summed E-state index contributed by atoms with van der Waals surface area (Å²) in [5.74, 6) is 0.179. The number of methoxy groups -OCH3 is 1. The van der Waals surface area contributed by atoms with Crippen LogP contribution in [0.2, 0.25) is 0 Å². The monoisotopic (exact) mass is 280 g/mol. The maximum absolute atomic E-state index is 11.8. The van der Waals surface area contributed by atoms with E-state index in [1.54, 1.807) is 39.0 Å². The number of primary amides is 1. The molecule has 0 fully saturated rings. The summed E-state index contributed by atoms with van der Waals surface area (Å²) < 4.78 is 10.4. The first-order chi connectivity index (χ1) is 9.21. The standard InChI is InChI=1S/C14H20N2O4/c1-14(2,3)20-12(17)8-9-7-10(16-13(15)18)5-6-11(9)19-4/h5-7H,8H2,1-4H3,(H3,15,16,18). The van der Waals surface area contributed by atoms with E-state index in [2.05, 4.69) is 5.32 Å². The number of carbonyl (C=O) groups excluding carboxylic acids is 2. The van der Waals surface area contributed by atoms with Crippen molar-refractivity contribution < 1.29 is 19.1 Å². The molecule has 0 radical (unpaired) electrons. The fraction of sp³-hybridized carbons (Fsp3) is 0.429. The van der Waals surface area contributed by atoms with Crippen LogP contribution in [-0.2, 0) is 16.0 Å². The highest BCUT2D eigenvalue weighted by Gasteiger charge is 2.18. The molecular weight excluding hydrogens is 260 g/mol. The maximum atomic E-state index is 11.8. The highest BCUT2D eigenvalue weighted by molar-refractivity contribution is 5.88. The van der Waals surface area contributed by atoms with Crippen LogP contribution in [0.3, 0.4) is 0 Å². The molecule has 0 atom stereocenters. The fourth-order valence-electron chi connectivity index (χ4n) is 1.67. The highest BCUT2D eigenvalue weighted by atomic mass is 16.6. The normalized spacial score (nSPS) is 10.8. The lowest BCUT2D eigenvalue weighted by atomic mass is 10.1. The van der Waals surface area contributed by atoms with Gasteiger partial charge in [-0.2, -0.15) is 0 Å². The van der Waals surface area contributed by atoms with Crippen LogP contribution < -0.4 is 15.8 Å². The summed E-state index contributed by atoms with van der Waals surface area (Å²) in [6, 6.07) is 4.26.